The molecule has 0 radical (unpaired) electrons. The Hall–Kier alpha value is -1.06. The predicted octanol–water partition coefficient (Wildman–Crippen LogP) is 2.79. The number of halogens is 2. The van der Waals surface area contributed by atoms with E-state index in [1.54, 1.807) is 36.3 Å². The molecule has 0 unspecified atom stereocenters. The first kappa shape index (κ1) is 9.49. The van der Waals surface area contributed by atoms with Gasteiger partial charge in [0, 0.05) is 17.6 Å². The third-order valence-electron chi connectivity index (χ3n) is 1.77. The lowest BCUT2D eigenvalue weighted by Crippen LogP contribution is -1.88. The number of hydrogen-bond acceptors (Lipinski definition) is 2. The summed E-state index contributed by atoms with van der Waals surface area (Å²) in [6, 6.07) is 5.24. The Morgan fingerprint density at radius 2 is 2.07 bits per heavy atom. The summed E-state index contributed by atoms with van der Waals surface area (Å²) in [5, 5.41) is 5.31. The fourth-order valence-electron chi connectivity index (χ4n) is 1.13. The van der Waals surface area contributed by atoms with E-state index < -0.39 is 0 Å². The van der Waals surface area contributed by atoms with Crippen molar-refractivity contribution in [2.24, 2.45) is 7.05 Å². The Morgan fingerprint density at radius 3 is 2.64 bits per heavy atom. The molecular formula is C9H7Cl2N3. The minimum atomic E-state index is 0.559. The molecule has 0 spiro atoms. The van der Waals surface area contributed by atoms with Gasteiger partial charge in [-0.1, -0.05) is 23.2 Å². The van der Waals surface area contributed by atoms with Crippen molar-refractivity contribution in [3.8, 4) is 11.4 Å². The molecule has 72 valence electrons. The Bertz CT molecular complexity index is 465. The molecule has 1 aromatic carbocycles. The second-order valence-electron chi connectivity index (χ2n) is 2.87. The molecule has 0 saturated carbocycles. The molecule has 0 fully saturated rings. The summed E-state index contributed by atoms with van der Waals surface area (Å²) in [4.78, 5) is 4.10. The quantitative estimate of drug-likeness (QED) is 0.751. The topological polar surface area (TPSA) is 30.7 Å². The van der Waals surface area contributed by atoms with Gasteiger partial charge in [-0.25, -0.2) is 4.98 Å². The van der Waals surface area contributed by atoms with Crippen molar-refractivity contribution in [3.05, 3.63) is 34.6 Å². The van der Waals surface area contributed by atoms with Gasteiger partial charge in [0.25, 0.3) is 0 Å². The van der Waals surface area contributed by atoms with Gasteiger partial charge in [0.1, 0.15) is 6.33 Å². The fraction of sp³-hybridized carbons (Fsp3) is 0.111. The van der Waals surface area contributed by atoms with Crippen LogP contribution in [0, 0.1) is 0 Å². The zero-order valence-electron chi connectivity index (χ0n) is 7.41. The number of rotatable bonds is 1. The van der Waals surface area contributed by atoms with Gasteiger partial charge in [-0.05, 0) is 18.2 Å². The van der Waals surface area contributed by atoms with E-state index in [0.717, 1.165) is 5.56 Å². The molecule has 0 amide bonds. The van der Waals surface area contributed by atoms with Gasteiger partial charge in [0.15, 0.2) is 5.82 Å². The maximum atomic E-state index is 6.00. The highest BCUT2D eigenvalue weighted by Crippen LogP contribution is 2.27. The summed E-state index contributed by atoms with van der Waals surface area (Å²) in [6.07, 6.45) is 1.63. The van der Waals surface area contributed by atoms with Gasteiger partial charge >= 0.3 is 0 Å². The first-order chi connectivity index (χ1) is 6.66. The molecule has 0 saturated heterocycles. The van der Waals surface area contributed by atoms with E-state index in [2.05, 4.69) is 10.1 Å². The van der Waals surface area contributed by atoms with Gasteiger partial charge in [-0.15, -0.1) is 0 Å². The number of hydrogen-bond donors (Lipinski definition) is 0. The Labute approximate surface area is 91.3 Å². The maximum Gasteiger partial charge on any atom is 0.182 e. The summed E-state index contributed by atoms with van der Waals surface area (Å²) in [5.41, 5.74) is 0.789. The van der Waals surface area contributed by atoms with Crippen molar-refractivity contribution in [1.82, 2.24) is 14.8 Å². The second kappa shape index (κ2) is 3.59. The van der Waals surface area contributed by atoms with Crippen LogP contribution in [-0.2, 0) is 7.05 Å². The van der Waals surface area contributed by atoms with Crippen molar-refractivity contribution in [2.45, 2.75) is 0 Å². The zero-order valence-corrected chi connectivity index (χ0v) is 8.92. The molecule has 0 aliphatic heterocycles. The highest BCUT2D eigenvalue weighted by atomic mass is 35.5. The van der Waals surface area contributed by atoms with Crippen LogP contribution >= 0.6 is 23.2 Å². The van der Waals surface area contributed by atoms with Crippen LogP contribution in [0.15, 0.2) is 24.5 Å². The number of aromatic nitrogens is 3. The first-order valence-electron chi connectivity index (χ1n) is 3.98. The summed E-state index contributed by atoms with van der Waals surface area (Å²) >= 11 is 11.8. The standard InChI is InChI=1S/C9H7Cl2N3/c1-14-5-12-9(13-14)7-3-2-6(10)4-8(7)11/h2-5H,1H3. The summed E-state index contributed by atoms with van der Waals surface area (Å²) in [5.74, 6) is 0.606. The Balaban J connectivity index is 2.52. The van der Waals surface area contributed by atoms with E-state index in [0.29, 0.717) is 15.9 Å². The highest BCUT2D eigenvalue weighted by Gasteiger charge is 2.07. The van der Waals surface area contributed by atoms with Crippen LogP contribution in [-0.4, -0.2) is 14.8 Å². The predicted molar refractivity (Wildman–Crippen MR) is 56.5 cm³/mol. The normalized spacial score (nSPS) is 10.5. The Kier molecular flexibility index (Phi) is 2.44. The monoisotopic (exact) mass is 227 g/mol. The van der Waals surface area contributed by atoms with E-state index in [1.807, 2.05) is 0 Å². The fourth-order valence-corrected chi connectivity index (χ4v) is 1.63. The van der Waals surface area contributed by atoms with Crippen LogP contribution in [0.4, 0.5) is 0 Å². The molecular weight excluding hydrogens is 221 g/mol. The van der Waals surface area contributed by atoms with E-state index in [-0.39, 0.29) is 0 Å². The van der Waals surface area contributed by atoms with Crippen LogP contribution in [0.5, 0.6) is 0 Å². The van der Waals surface area contributed by atoms with E-state index in [1.165, 1.54) is 0 Å². The maximum absolute atomic E-state index is 6.00. The summed E-state index contributed by atoms with van der Waals surface area (Å²) in [7, 11) is 1.81. The molecule has 2 aromatic rings. The minimum absolute atomic E-state index is 0.559. The molecule has 0 aliphatic rings. The largest absolute Gasteiger partial charge is 0.255 e. The van der Waals surface area contributed by atoms with Crippen LogP contribution in [0.1, 0.15) is 0 Å². The minimum Gasteiger partial charge on any atom is -0.255 e. The first-order valence-corrected chi connectivity index (χ1v) is 4.73. The van der Waals surface area contributed by atoms with Crippen molar-refractivity contribution in [3.63, 3.8) is 0 Å². The van der Waals surface area contributed by atoms with Crippen molar-refractivity contribution < 1.29 is 0 Å². The molecule has 3 nitrogen and oxygen atoms in total. The van der Waals surface area contributed by atoms with Gasteiger partial charge in [-0.2, -0.15) is 5.10 Å². The SMILES string of the molecule is Cn1cnc(-c2ccc(Cl)cc2Cl)n1. The zero-order chi connectivity index (χ0) is 10.1. The van der Waals surface area contributed by atoms with E-state index >= 15 is 0 Å². The molecule has 0 N–H and O–H groups in total. The molecule has 14 heavy (non-hydrogen) atoms. The van der Waals surface area contributed by atoms with Crippen molar-refractivity contribution >= 4 is 23.2 Å². The smallest absolute Gasteiger partial charge is 0.182 e. The van der Waals surface area contributed by atoms with Crippen LogP contribution in [0.3, 0.4) is 0 Å². The van der Waals surface area contributed by atoms with Crippen LogP contribution in [0.2, 0.25) is 10.0 Å². The van der Waals surface area contributed by atoms with Crippen molar-refractivity contribution in [1.29, 1.82) is 0 Å². The number of aryl methyl sites for hydroxylation is 1. The van der Waals surface area contributed by atoms with Gasteiger partial charge in [-0.3, -0.25) is 4.68 Å². The molecule has 0 aliphatic carbocycles. The lowest BCUT2D eigenvalue weighted by Gasteiger charge is -1.99. The average Bonchev–Trinajstić information content (AvgIpc) is 2.51. The van der Waals surface area contributed by atoms with Gasteiger partial charge in [0.2, 0.25) is 0 Å². The van der Waals surface area contributed by atoms with E-state index in [4.69, 9.17) is 23.2 Å². The summed E-state index contributed by atoms with van der Waals surface area (Å²) < 4.78 is 1.63. The molecule has 5 heteroatoms. The molecule has 0 bridgehead atoms. The Morgan fingerprint density at radius 1 is 1.29 bits per heavy atom. The third kappa shape index (κ3) is 1.74. The van der Waals surface area contributed by atoms with Gasteiger partial charge < -0.3 is 0 Å². The van der Waals surface area contributed by atoms with Gasteiger partial charge in [0.05, 0.1) is 5.02 Å². The second-order valence-corrected chi connectivity index (χ2v) is 3.71. The lowest BCUT2D eigenvalue weighted by atomic mass is 10.2. The molecule has 0 atom stereocenters. The average molecular weight is 228 g/mol. The van der Waals surface area contributed by atoms with Crippen LogP contribution < -0.4 is 0 Å². The molecule has 1 heterocycles. The highest BCUT2D eigenvalue weighted by molar-refractivity contribution is 6.36. The summed E-state index contributed by atoms with van der Waals surface area (Å²) in [6.45, 7) is 0. The molecule has 2 rings (SSSR count). The van der Waals surface area contributed by atoms with Crippen LogP contribution in [0.25, 0.3) is 11.4 Å². The van der Waals surface area contributed by atoms with Crippen molar-refractivity contribution in [2.75, 3.05) is 0 Å². The lowest BCUT2D eigenvalue weighted by molar-refractivity contribution is 0.768. The number of nitrogens with zero attached hydrogens (tertiary/aromatic N) is 3. The number of benzene rings is 1. The third-order valence-corrected chi connectivity index (χ3v) is 2.32. The van der Waals surface area contributed by atoms with E-state index in [9.17, 15) is 0 Å². The molecule has 1 aromatic heterocycles.